The van der Waals surface area contributed by atoms with Gasteiger partial charge in [-0.1, -0.05) is 30.3 Å². The van der Waals surface area contributed by atoms with Crippen molar-refractivity contribution in [3.05, 3.63) is 71.6 Å². The van der Waals surface area contributed by atoms with E-state index in [1.807, 2.05) is 25.1 Å². The zero-order valence-electron chi connectivity index (χ0n) is 24.6. The van der Waals surface area contributed by atoms with Crippen molar-refractivity contribution in [1.29, 1.82) is 0 Å². The Morgan fingerprint density at radius 3 is 2.38 bits per heavy atom. The first-order valence-electron chi connectivity index (χ1n) is 14.7. The number of aromatic nitrogens is 3. The van der Waals surface area contributed by atoms with Crippen LogP contribution in [0.5, 0.6) is 0 Å². The second kappa shape index (κ2) is 11.1. The molecule has 4 heterocycles. The van der Waals surface area contributed by atoms with Crippen LogP contribution in [0.4, 0.5) is 14.6 Å². The predicted molar refractivity (Wildman–Crippen MR) is 165 cm³/mol. The van der Waals surface area contributed by atoms with Crippen LogP contribution in [0.15, 0.2) is 60.4 Å². The summed E-state index contributed by atoms with van der Waals surface area (Å²) in [6.07, 6.45) is 2.43. The molecule has 42 heavy (non-hydrogen) atoms. The van der Waals surface area contributed by atoms with Crippen LogP contribution in [0.25, 0.3) is 27.8 Å². The van der Waals surface area contributed by atoms with E-state index in [1.165, 1.54) is 5.01 Å². The zero-order valence-corrected chi connectivity index (χ0v) is 24.6. The summed E-state index contributed by atoms with van der Waals surface area (Å²) in [6.45, 7) is 5.54. The Balaban J connectivity index is 1.61. The van der Waals surface area contributed by atoms with E-state index in [1.54, 1.807) is 13.2 Å². The van der Waals surface area contributed by atoms with E-state index in [4.69, 9.17) is 21.5 Å². The van der Waals surface area contributed by atoms with E-state index < -0.39 is 5.92 Å². The molecule has 3 aromatic heterocycles. The molecule has 8 nitrogen and oxygen atoms in total. The van der Waals surface area contributed by atoms with Crippen LogP contribution in [0.2, 0.25) is 0 Å². The van der Waals surface area contributed by atoms with Gasteiger partial charge in [-0.15, -0.1) is 0 Å². The van der Waals surface area contributed by atoms with E-state index in [-0.39, 0.29) is 24.8 Å². The second-order valence-electron chi connectivity index (χ2n) is 12.0. The van der Waals surface area contributed by atoms with Crippen LogP contribution in [0.3, 0.4) is 0 Å². The van der Waals surface area contributed by atoms with Crippen molar-refractivity contribution in [1.82, 2.24) is 24.4 Å². The Morgan fingerprint density at radius 1 is 1.05 bits per heavy atom. The molecule has 1 atom stereocenters. The maximum atomic E-state index is 14.4. The number of halogens is 2. The molecule has 4 N–H and O–H groups in total. The third-order valence-corrected chi connectivity index (χ3v) is 8.93. The summed E-state index contributed by atoms with van der Waals surface area (Å²) in [5.74, 6) is 4.50. The highest BCUT2D eigenvalue weighted by Crippen LogP contribution is 2.46. The summed E-state index contributed by atoms with van der Waals surface area (Å²) < 4.78 is 31.1. The Labute approximate surface area is 245 Å². The van der Waals surface area contributed by atoms with E-state index in [9.17, 15) is 8.78 Å². The SMILES string of the molecule is C/C(N)=C(\c1cnc2c3ccc(N4CCN(C)CC4)nc3n(C(c3ccccc3)C3CCC(F)(F)CC3)c2c1)N(C)N. The molecule has 1 aromatic carbocycles. The van der Waals surface area contributed by atoms with E-state index in [0.29, 0.717) is 24.2 Å². The van der Waals surface area contributed by atoms with Gasteiger partial charge >= 0.3 is 0 Å². The number of benzene rings is 1. The molecule has 0 bridgehead atoms. The summed E-state index contributed by atoms with van der Waals surface area (Å²) in [5.41, 5.74) is 11.9. The normalized spacial score (nSPS) is 19.7. The standard InChI is InChI=1S/C32H40F2N8/c1-21(35)29(40(3)36)24-19-26-28(37-20-24)25-9-10-27(41-17-15-39(2)16-18-41)38-31(25)42(26)30(22-7-5-4-6-8-22)23-11-13-32(33,34)14-12-23/h4-10,19-20,23,30H,11-18,35-36H2,1-3H3/b29-21-. The van der Waals surface area contributed by atoms with Gasteiger partial charge in [0.05, 0.1) is 22.8 Å². The van der Waals surface area contributed by atoms with Crippen molar-refractivity contribution in [3.8, 4) is 0 Å². The number of allylic oxidation sites excluding steroid dienone is 1. The second-order valence-corrected chi connectivity index (χ2v) is 12.0. The fourth-order valence-electron chi connectivity index (χ4n) is 6.76. The highest BCUT2D eigenvalue weighted by Gasteiger charge is 2.39. The van der Waals surface area contributed by atoms with Crippen molar-refractivity contribution < 1.29 is 8.78 Å². The number of hydrogen-bond acceptors (Lipinski definition) is 7. The van der Waals surface area contributed by atoms with Crippen LogP contribution in [-0.2, 0) is 0 Å². The minimum absolute atomic E-state index is 0.00649. The minimum Gasteiger partial charge on any atom is -0.401 e. The first-order valence-corrected chi connectivity index (χ1v) is 14.7. The van der Waals surface area contributed by atoms with Gasteiger partial charge in [-0.3, -0.25) is 4.98 Å². The van der Waals surface area contributed by atoms with Crippen molar-refractivity contribution >= 4 is 33.6 Å². The van der Waals surface area contributed by atoms with Crippen molar-refractivity contribution in [2.24, 2.45) is 17.5 Å². The largest absolute Gasteiger partial charge is 0.401 e. The highest BCUT2D eigenvalue weighted by molar-refractivity contribution is 6.05. The third-order valence-electron chi connectivity index (χ3n) is 8.93. The van der Waals surface area contributed by atoms with E-state index in [2.05, 4.69) is 51.7 Å². The lowest BCUT2D eigenvalue weighted by atomic mass is 9.79. The van der Waals surface area contributed by atoms with Crippen LogP contribution < -0.4 is 16.5 Å². The monoisotopic (exact) mass is 574 g/mol. The number of likely N-dealkylation sites (N-methyl/N-ethyl adjacent to an activating group) is 1. The maximum Gasteiger partial charge on any atom is 0.248 e. The number of hydrazine groups is 1. The summed E-state index contributed by atoms with van der Waals surface area (Å²) in [6, 6.07) is 16.3. The molecule has 1 aliphatic heterocycles. The van der Waals surface area contributed by atoms with E-state index >= 15 is 0 Å². The summed E-state index contributed by atoms with van der Waals surface area (Å²) >= 11 is 0. The molecule has 0 radical (unpaired) electrons. The molecule has 2 fully saturated rings. The van der Waals surface area contributed by atoms with Crippen LogP contribution in [-0.4, -0.2) is 70.6 Å². The molecule has 4 aromatic rings. The molecule has 6 rings (SSSR count). The molecule has 2 aliphatic rings. The van der Waals surface area contributed by atoms with Gasteiger partial charge in [-0.05, 0) is 56.5 Å². The van der Waals surface area contributed by atoms with Gasteiger partial charge < -0.3 is 25.1 Å². The first kappa shape index (κ1) is 28.4. The first-order chi connectivity index (χ1) is 20.1. The lowest BCUT2D eigenvalue weighted by molar-refractivity contribution is -0.0493. The van der Waals surface area contributed by atoms with Gasteiger partial charge in [0.2, 0.25) is 5.92 Å². The molecular weight excluding hydrogens is 534 g/mol. The molecule has 222 valence electrons. The fourth-order valence-corrected chi connectivity index (χ4v) is 6.76. The summed E-state index contributed by atoms with van der Waals surface area (Å²) in [5, 5.41) is 2.44. The number of fused-ring (bicyclic) bond motifs is 3. The molecule has 1 saturated carbocycles. The predicted octanol–water partition coefficient (Wildman–Crippen LogP) is 5.20. The van der Waals surface area contributed by atoms with Gasteiger partial charge in [0.15, 0.2) is 0 Å². The summed E-state index contributed by atoms with van der Waals surface area (Å²) in [4.78, 5) is 14.9. The Kier molecular flexibility index (Phi) is 7.53. The molecular formula is C32H40F2N8. The van der Waals surface area contributed by atoms with Gasteiger partial charge in [-0.2, -0.15) is 0 Å². The van der Waals surface area contributed by atoms with E-state index in [0.717, 1.165) is 65.2 Å². The summed E-state index contributed by atoms with van der Waals surface area (Å²) in [7, 11) is 3.89. The number of piperazine rings is 1. The molecule has 10 heteroatoms. The van der Waals surface area contributed by atoms with Gasteiger partial charge in [0.1, 0.15) is 11.5 Å². The topological polar surface area (TPSA) is 92.5 Å². The lowest BCUT2D eigenvalue weighted by Crippen LogP contribution is -2.44. The zero-order chi connectivity index (χ0) is 29.6. The highest BCUT2D eigenvalue weighted by atomic mass is 19.3. The van der Waals surface area contributed by atoms with Crippen LogP contribution in [0, 0.1) is 5.92 Å². The number of rotatable bonds is 6. The quantitative estimate of drug-likeness (QED) is 0.241. The Bertz CT molecular complexity index is 1590. The van der Waals surface area contributed by atoms with Gasteiger partial charge in [0, 0.05) is 68.9 Å². The smallest absolute Gasteiger partial charge is 0.248 e. The fraction of sp³-hybridized carbons (Fsp3) is 0.438. The van der Waals surface area contributed by atoms with Crippen molar-refractivity contribution in [3.63, 3.8) is 0 Å². The average Bonchev–Trinajstić information content (AvgIpc) is 3.27. The molecule has 1 unspecified atom stereocenters. The van der Waals surface area contributed by atoms with Crippen LogP contribution >= 0.6 is 0 Å². The molecule has 1 aliphatic carbocycles. The number of alkyl halides is 2. The number of pyridine rings is 2. The number of hydrogen-bond donors (Lipinski definition) is 2. The number of anilines is 1. The molecule has 0 amide bonds. The average molecular weight is 575 g/mol. The Hall–Kier alpha value is -3.76. The van der Waals surface area contributed by atoms with Gasteiger partial charge in [0.25, 0.3) is 0 Å². The molecule has 1 saturated heterocycles. The maximum absolute atomic E-state index is 14.4. The minimum atomic E-state index is -2.62. The Morgan fingerprint density at radius 2 is 1.74 bits per heavy atom. The van der Waals surface area contributed by atoms with Crippen molar-refractivity contribution in [2.75, 3.05) is 45.2 Å². The molecule has 0 spiro atoms. The number of nitrogens with zero attached hydrogens (tertiary/aromatic N) is 6. The van der Waals surface area contributed by atoms with Crippen molar-refractivity contribution in [2.45, 2.75) is 44.6 Å². The number of nitrogens with two attached hydrogens (primary N) is 2. The van der Waals surface area contributed by atoms with Crippen LogP contribution in [0.1, 0.15) is 49.8 Å². The van der Waals surface area contributed by atoms with Gasteiger partial charge in [-0.25, -0.2) is 19.6 Å². The third kappa shape index (κ3) is 5.29. The lowest BCUT2D eigenvalue weighted by Gasteiger charge is -2.36.